The molecule has 9 heteroatoms. The van der Waals surface area contributed by atoms with Crippen molar-refractivity contribution in [3.8, 4) is 0 Å². The highest BCUT2D eigenvalue weighted by Gasteiger charge is 2.42. The van der Waals surface area contributed by atoms with Crippen molar-refractivity contribution in [2.45, 2.75) is 51.1 Å². The van der Waals surface area contributed by atoms with Crippen molar-refractivity contribution in [1.29, 1.82) is 0 Å². The minimum atomic E-state index is -3.82. The van der Waals surface area contributed by atoms with E-state index in [1.807, 2.05) is 45.0 Å². The number of pyridine rings is 1. The zero-order chi connectivity index (χ0) is 25.4. The second-order valence-corrected chi connectivity index (χ2v) is 12.1. The number of carbonyl (C=O) groups excluding carboxylic acids is 1. The summed E-state index contributed by atoms with van der Waals surface area (Å²) in [7, 11) is -3.82. The number of sulfonamides is 1. The normalized spacial score (nSPS) is 16.5. The number of hydrogen-bond acceptors (Lipinski definition) is 6. The lowest BCUT2D eigenvalue weighted by molar-refractivity contribution is -0.121. The second-order valence-electron chi connectivity index (χ2n) is 9.21. The van der Waals surface area contributed by atoms with E-state index in [0.29, 0.717) is 30.2 Å². The van der Waals surface area contributed by atoms with E-state index in [-0.39, 0.29) is 17.3 Å². The Labute approximate surface area is 215 Å². The lowest BCUT2D eigenvalue weighted by atomic mass is 10.1. The van der Waals surface area contributed by atoms with E-state index in [2.05, 4.69) is 11.1 Å². The van der Waals surface area contributed by atoms with Crippen molar-refractivity contribution in [1.82, 2.24) is 14.3 Å². The van der Waals surface area contributed by atoms with Gasteiger partial charge in [-0.3, -0.25) is 14.7 Å². The molecule has 1 aliphatic rings. The number of hydrogen-bond donors (Lipinski definition) is 0. The molecule has 0 saturated carbocycles. The molecule has 2 aromatic carbocycles. The molecule has 1 fully saturated rings. The summed E-state index contributed by atoms with van der Waals surface area (Å²) in [6.45, 7) is 6.47. The predicted octanol–water partition coefficient (Wildman–Crippen LogP) is 5.00. The van der Waals surface area contributed by atoms with E-state index >= 15 is 0 Å². The van der Waals surface area contributed by atoms with Gasteiger partial charge in [-0.15, -0.1) is 0 Å². The van der Waals surface area contributed by atoms with E-state index in [1.165, 1.54) is 15.6 Å². The Hall–Kier alpha value is -3.14. The summed E-state index contributed by atoms with van der Waals surface area (Å²) in [5, 5.41) is 0.553. The van der Waals surface area contributed by atoms with Crippen LogP contribution >= 0.6 is 11.3 Å². The molecular weight excluding hydrogens is 492 g/mol. The van der Waals surface area contributed by atoms with E-state index in [4.69, 9.17) is 4.98 Å². The van der Waals surface area contributed by atoms with Gasteiger partial charge < -0.3 is 0 Å². The fraction of sp³-hybridized carbons (Fsp3) is 0.296. The first-order chi connectivity index (χ1) is 17.3. The number of aryl methyl sites for hydroxylation is 3. The molecule has 0 N–H and O–H groups in total. The summed E-state index contributed by atoms with van der Waals surface area (Å²) < 4.78 is 29.5. The quantitative estimate of drug-likeness (QED) is 0.357. The monoisotopic (exact) mass is 520 g/mol. The molecule has 1 amide bonds. The standard InChI is InChI=1S/C27H28N4O3S2/c1-18-9-13-22(14-10-18)36(33,34)31-16-6-8-23(31)26(32)30(17-21-7-4-5-15-28-21)27-29-24-19(2)11-12-20(3)25(24)35-27/h4-5,7,9-15,23H,6,8,16-17H2,1-3H3/t23-/m1/s1. The predicted molar refractivity (Wildman–Crippen MR) is 143 cm³/mol. The Morgan fingerprint density at radius 1 is 1.06 bits per heavy atom. The molecule has 1 saturated heterocycles. The van der Waals surface area contributed by atoms with Crippen LogP contribution in [-0.2, 0) is 21.4 Å². The Morgan fingerprint density at radius 2 is 1.81 bits per heavy atom. The fourth-order valence-corrected chi connectivity index (χ4v) is 7.32. The van der Waals surface area contributed by atoms with Crippen molar-refractivity contribution in [3.63, 3.8) is 0 Å². The number of amides is 1. The van der Waals surface area contributed by atoms with Gasteiger partial charge in [0, 0.05) is 12.7 Å². The molecule has 1 aliphatic heterocycles. The summed E-state index contributed by atoms with van der Waals surface area (Å²) in [6, 6.07) is 15.6. The zero-order valence-electron chi connectivity index (χ0n) is 20.5. The molecule has 0 unspecified atom stereocenters. The maximum Gasteiger partial charge on any atom is 0.247 e. The van der Waals surface area contributed by atoms with Gasteiger partial charge in [-0.25, -0.2) is 13.4 Å². The molecule has 0 spiro atoms. The Morgan fingerprint density at radius 3 is 2.50 bits per heavy atom. The number of anilines is 1. The second kappa shape index (κ2) is 9.72. The van der Waals surface area contributed by atoms with Crippen LogP contribution in [0, 0.1) is 20.8 Å². The number of thiazole rings is 1. The van der Waals surface area contributed by atoms with Crippen molar-refractivity contribution in [2.75, 3.05) is 11.4 Å². The molecular formula is C27H28N4O3S2. The van der Waals surface area contributed by atoms with Gasteiger partial charge in [0.15, 0.2) is 5.13 Å². The minimum absolute atomic E-state index is 0.204. The van der Waals surface area contributed by atoms with Gasteiger partial charge in [-0.2, -0.15) is 4.31 Å². The maximum atomic E-state index is 14.1. The summed E-state index contributed by atoms with van der Waals surface area (Å²) in [6.07, 6.45) is 2.77. The van der Waals surface area contributed by atoms with Gasteiger partial charge >= 0.3 is 0 Å². The highest BCUT2D eigenvalue weighted by molar-refractivity contribution is 7.89. The summed E-state index contributed by atoms with van der Waals surface area (Å²) in [5.41, 5.74) is 4.68. The molecule has 3 heterocycles. The van der Waals surface area contributed by atoms with Crippen molar-refractivity contribution in [3.05, 3.63) is 83.2 Å². The first kappa shape index (κ1) is 24.5. The molecule has 5 rings (SSSR count). The van der Waals surface area contributed by atoms with Gasteiger partial charge in [0.25, 0.3) is 0 Å². The number of fused-ring (bicyclic) bond motifs is 1. The van der Waals surface area contributed by atoms with E-state index in [1.54, 1.807) is 35.4 Å². The van der Waals surface area contributed by atoms with Crippen molar-refractivity contribution < 1.29 is 13.2 Å². The molecule has 0 aliphatic carbocycles. The Bertz CT molecular complexity index is 1480. The van der Waals surface area contributed by atoms with Gasteiger partial charge in [0.05, 0.1) is 27.4 Å². The molecule has 0 bridgehead atoms. The highest BCUT2D eigenvalue weighted by Crippen LogP contribution is 2.36. The zero-order valence-corrected chi connectivity index (χ0v) is 22.1. The van der Waals surface area contributed by atoms with Gasteiger partial charge in [0.2, 0.25) is 15.9 Å². The first-order valence-electron chi connectivity index (χ1n) is 11.9. The topological polar surface area (TPSA) is 83.5 Å². The largest absolute Gasteiger partial charge is 0.281 e. The third-order valence-corrected chi connectivity index (χ3v) is 9.73. The van der Waals surface area contributed by atoms with Crippen LogP contribution < -0.4 is 4.90 Å². The van der Waals surface area contributed by atoms with Crippen LogP contribution in [0.5, 0.6) is 0 Å². The van der Waals surface area contributed by atoms with Gasteiger partial charge in [0.1, 0.15) is 6.04 Å². The number of benzene rings is 2. The molecule has 36 heavy (non-hydrogen) atoms. The van der Waals surface area contributed by atoms with Crippen LogP contribution in [-0.4, -0.2) is 41.2 Å². The maximum absolute atomic E-state index is 14.1. The van der Waals surface area contributed by atoms with Crippen LogP contribution in [0.2, 0.25) is 0 Å². The summed E-state index contributed by atoms with van der Waals surface area (Å²) in [5.74, 6) is -0.275. The van der Waals surface area contributed by atoms with E-state index in [9.17, 15) is 13.2 Å². The average molecular weight is 521 g/mol. The summed E-state index contributed by atoms with van der Waals surface area (Å²) >= 11 is 1.46. The van der Waals surface area contributed by atoms with Crippen LogP contribution in [0.3, 0.4) is 0 Å². The Kier molecular flexibility index (Phi) is 6.63. The molecule has 186 valence electrons. The van der Waals surface area contributed by atoms with Gasteiger partial charge in [-0.05, 0) is 69.0 Å². The number of aromatic nitrogens is 2. The molecule has 4 aromatic rings. The Balaban J connectivity index is 1.55. The van der Waals surface area contributed by atoms with Crippen LogP contribution in [0.1, 0.15) is 35.2 Å². The molecule has 1 atom stereocenters. The lowest BCUT2D eigenvalue weighted by Crippen LogP contribution is -2.47. The third kappa shape index (κ3) is 4.54. The number of carbonyl (C=O) groups is 1. The third-order valence-electron chi connectivity index (χ3n) is 6.59. The van der Waals surface area contributed by atoms with E-state index < -0.39 is 16.1 Å². The minimum Gasteiger partial charge on any atom is -0.281 e. The highest BCUT2D eigenvalue weighted by atomic mass is 32.2. The number of nitrogens with zero attached hydrogens (tertiary/aromatic N) is 4. The number of rotatable bonds is 6. The first-order valence-corrected chi connectivity index (χ1v) is 14.2. The lowest BCUT2D eigenvalue weighted by Gasteiger charge is -2.28. The smallest absolute Gasteiger partial charge is 0.247 e. The SMILES string of the molecule is Cc1ccc(S(=O)(=O)N2CCC[C@@H]2C(=O)N(Cc2ccccn2)c2nc3c(C)ccc(C)c3s2)cc1. The average Bonchev–Trinajstić information content (AvgIpc) is 3.54. The van der Waals surface area contributed by atoms with Crippen molar-refractivity contribution in [2.24, 2.45) is 0 Å². The van der Waals surface area contributed by atoms with Gasteiger partial charge in [-0.1, -0.05) is 47.2 Å². The molecule has 7 nitrogen and oxygen atoms in total. The fourth-order valence-electron chi connectivity index (χ4n) is 4.56. The van der Waals surface area contributed by atoms with Crippen LogP contribution in [0.15, 0.2) is 65.7 Å². The molecule has 2 aromatic heterocycles. The van der Waals surface area contributed by atoms with Crippen LogP contribution in [0.25, 0.3) is 10.2 Å². The van der Waals surface area contributed by atoms with Crippen LogP contribution in [0.4, 0.5) is 5.13 Å². The van der Waals surface area contributed by atoms with E-state index in [0.717, 1.165) is 26.9 Å². The summed E-state index contributed by atoms with van der Waals surface area (Å²) in [4.78, 5) is 25.2. The molecule has 0 radical (unpaired) electrons. The van der Waals surface area contributed by atoms with Crippen molar-refractivity contribution >= 4 is 42.6 Å².